The van der Waals surface area contributed by atoms with Crippen molar-refractivity contribution >= 4 is 23.5 Å². The fourth-order valence-electron chi connectivity index (χ4n) is 2.59. The van der Waals surface area contributed by atoms with Gasteiger partial charge in [0.25, 0.3) is 5.91 Å². The van der Waals surface area contributed by atoms with Crippen molar-refractivity contribution < 1.29 is 23.8 Å². The first kappa shape index (κ1) is 16.6. The summed E-state index contributed by atoms with van der Waals surface area (Å²) in [7, 11) is 4.46. The van der Waals surface area contributed by atoms with Crippen LogP contribution in [0.15, 0.2) is 18.5 Å². The van der Waals surface area contributed by atoms with Crippen molar-refractivity contribution in [3.8, 4) is 17.2 Å². The smallest absolute Gasteiger partial charge is 0.252 e. The molecule has 0 bridgehead atoms. The Morgan fingerprint density at radius 3 is 2.52 bits per heavy atom. The largest absolute Gasteiger partial charge is 0.493 e. The van der Waals surface area contributed by atoms with Gasteiger partial charge in [0, 0.05) is 17.8 Å². The zero-order valence-electron chi connectivity index (χ0n) is 13.9. The van der Waals surface area contributed by atoms with Crippen LogP contribution in [0.5, 0.6) is 17.2 Å². The van der Waals surface area contributed by atoms with Gasteiger partial charge in [0.05, 0.1) is 27.8 Å². The van der Waals surface area contributed by atoms with Crippen LogP contribution in [0.25, 0.3) is 0 Å². The number of amides is 2. The van der Waals surface area contributed by atoms with E-state index in [1.54, 1.807) is 12.1 Å². The summed E-state index contributed by atoms with van der Waals surface area (Å²) >= 11 is 0. The van der Waals surface area contributed by atoms with E-state index in [0.717, 1.165) is 0 Å². The van der Waals surface area contributed by atoms with Gasteiger partial charge in [-0.15, -0.1) is 0 Å². The zero-order valence-corrected chi connectivity index (χ0v) is 13.9. The summed E-state index contributed by atoms with van der Waals surface area (Å²) in [5.41, 5.74) is 0.455. The molecule has 2 heterocycles. The van der Waals surface area contributed by atoms with Crippen LogP contribution in [0, 0.1) is 0 Å². The minimum atomic E-state index is -0.737. The Morgan fingerprint density at radius 1 is 1.24 bits per heavy atom. The zero-order chi connectivity index (χ0) is 18.0. The molecule has 1 atom stereocenters. The molecule has 0 fully saturated rings. The number of fused-ring (bicyclic) bond motifs is 1. The Kier molecular flexibility index (Phi) is 4.42. The lowest BCUT2D eigenvalue weighted by atomic mass is 10.2. The molecule has 2 N–H and O–H groups in total. The Labute approximate surface area is 143 Å². The van der Waals surface area contributed by atoms with Crippen molar-refractivity contribution in [3.05, 3.63) is 18.5 Å². The molecule has 1 aliphatic rings. The van der Waals surface area contributed by atoms with E-state index in [9.17, 15) is 9.59 Å². The highest BCUT2D eigenvalue weighted by Crippen LogP contribution is 2.40. The van der Waals surface area contributed by atoms with Crippen LogP contribution in [-0.2, 0) is 9.59 Å². The molecule has 0 radical (unpaired) electrons. The summed E-state index contributed by atoms with van der Waals surface area (Å²) in [6.07, 6.45) is 1.23. The van der Waals surface area contributed by atoms with E-state index in [2.05, 4.69) is 20.7 Å². The summed E-state index contributed by atoms with van der Waals surface area (Å²) < 4.78 is 17.1. The number of benzene rings is 1. The van der Waals surface area contributed by atoms with E-state index in [1.165, 1.54) is 32.3 Å². The summed E-state index contributed by atoms with van der Waals surface area (Å²) in [5, 5.41) is 9.23. The molecule has 1 aliphatic heterocycles. The minimum Gasteiger partial charge on any atom is -0.493 e. The number of carbonyl (C=O) groups excluding carboxylic acids is 2. The highest BCUT2D eigenvalue weighted by Gasteiger charge is 2.33. The predicted molar refractivity (Wildman–Crippen MR) is 87.0 cm³/mol. The molecule has 0 aliphatic carbocycles. The molecule has 10 heteroatoms. The van der Waals surface area contributed by atoms with Gasteiger partial charge in [-0.2, -0.15) is 10.1 Å². The normalized spacial score (nSPS) is 15.3. The minimum absolute atomic E-state index is 0.0845. The maximum atomic E-state index is 12.3. The molecular formula is C15H17N5O5. The SMILES string of the molecule is COc1cc(NC(=O)CC2C(=O)Nc3ncnn32)cc(OC)c1OC. The van der Waals surface area contributed by atoms with Crippen molar-refractivity contribution in [2.45, 2.75) is 12.5 Å². The average Bonchev–Trinajstić information content (AvgIpc) is 3.16. The first-order valence-electron chi connectivity index (χ1n) is 7.37. The van der Waals surface area contributed by atoms with Crippen molar-refractivity contribution in [3.63, 3.8) is 0 Å². The second kappa shape index (κ2) is 6.67. The van der Waals surface area contributed by atoms with Crippen LogP contribution in [0.2, 0.25) is 0 Å². The number of rotatable bonds is 6. The van der Waals surface area contributed by atoms with Gasteiger partial charge in [-0.3, -0.25) is 14.9 Å². The monoisotopic (exact) mass is 347 g/mol. The number of aromatic nitrogens is 3. The molecule has 2 aromatic rings. The van der Waals surface area contributed by atoms with Gasteiger partial charge in [-0.05, 0) is 0 Å². The van der Waals surface area contributed by atoms with Gasteiger partial charge in [0.2, 0.25) is 17.6 Å². The number of ether oxygens (including phenoxy) is 3. The molecule has 25 heavy (non-hydrogen) atoms. The van der Waals surface area contributed by atoms with Gasteiger partial charge in [0.15, 0.2) is 11.5 Å². The van der Waals surface area contributed by atoms with Crippen LogP contribution in [0.4, 0.5) is 11.6 Å². The van der Waals surface area contributed by atoms with E-state index in [4.69, 9.17) is 14.2 Å². The molecular weight excluding hydrogens is 330 g/mol. The van der Waals surface area contributed by atoms with Crippen LogP contribution in [0.1, 0.15) is 12.5 Å². The van der Waals surface area contributed by atoms with E-state index in [1.807, 2.05) is 0 Å². The van der Waals surface area contributed by atoms with E-state index in [-0.39, 0.29) is 18.2 Å². The number of anilines is 2. The fraction of sp³-hybridized carbons (Fsp3) is 0.333. The maximum Gasteiger partial charge on any atom is 0.252 e. The second-order valence-electron chi connectivity index (χ2n) is 5.20. The maximum absolute atomic E-state index is 12.3. The number of nitrogens with zero attached hydrogens (tertiary/aromatic N) is 3. The lowest BCUT2D eigenvalue weighted by Crippen LogP contribution is -2.23. The molecule has 1 unspecified atom stereocenters. The Morgan fingerprint density at radius 2 is 1.92 bits per heavy atom. The fourth-order valence-corrected chi connectivity index (χ4v) is 2.59. The number of hydrogen-bond donors (Lipinski definition) is 2. The molecule has 0 saturated carbocycles. The summed E-state index contributed by atoms with van der Waals surface area (Å²) in [6.45, 7) is 0. The third-order valence-electron chi connectivity index (χ3n) is 3.73. The lowest BCUT2D eigenvalue weighted by Gasteiger charge is -2.15. The van der Waals surface area contributed by atoms with Crippen LogP contribution in [0.3, 0.4) is 0 Å². The van der Waals surface area contributed by atoms with Crippen LogP contribution in [-0.4, -0.2) is 47.9 Å². The highest BCUT2D eigenvalue weighted by molar-refractivity contribution is 6.01. The third-order valence-corrected chi connectivity index (χ3v) is 3.73. The Balaban J connectivity index is 1.76. The van der Waals surface area contributed by atoms with Gasteiger partial charge in [0.1, 0.15) is 12.4 Å². The third kappa shape index (κ3) is 3.05. The predicted octanol–water partition coefficient (Wildman–Crippen LogP) is 0.826. The standard InChI is InChI=1S/C15H17N5O5/c1-23-10-4-8(5-11(24-2)13(10)25-3)18-12(21)6-9-14(22)19-15-16-7-17-20(9)15/h4-5,7,9H,6H2,1-3H3,(H,18,21)(H,16,17,19,22). The molecule has 1 aromatic carbocycles. The van der Waals surface area contributed by atoms with E-state index < -0.39 is 6.04 Å². The molecule has 0 spiro atoms. The summed E-state index contributed by atoms with van der Waals surface area (Å²) in [6, 6.07) is 2.48. The van der Waals surface area contributed by atoms with E-state index in [0.29, 0.717) is 28.9 Å². The number of nitrogens with one attached hydrogen (secondary N) is 2. The van der Waals surface area contributed by atoms with Crippen molar-refractivity contribution in [2.75, 3.05) is 32.0 Å². The first-order chi connectivity index (χ1) is 12.1. The molecule has 2 amide bonds. The number of carbonyl (C=O) groups is 2. The molecule has 132 valence electrons. The van der Waals surface area contributed by atoms with Gasteiger partial charge in [-0.1, -0.05) is 0 Å². The van der Waals surface area contributed by atoms with E-state index >= 15 is 0 Å². The van der Waals surface area contributed by atoms with Gasteiger partial charge < -0.3 is 19.5 Å². The van der Waals surface area contributed by atoms with Crippen LogP contribution < -0.4 is 24.8 Å². The van der Waals surface area contributed by atoms with Gasteiger partial charge in [-0.25, -0.2) is 4.68 Å². The number of hydrogen-bond acceptors (Lipinski definition) is 7. The Bertz CT molecular complexity index is 793. The van der Waals surface area contributed by atoms with Gasteiger partial charge >= 0.3 is 0 Å². The molecule has 10 nitrogen and oxygen atoms in total. The molecule has 3 rings (SSSR count). The first-order valence-corrected chi connectivity index (χ1v) is 7.37. The summed E-state index contributed by atoms with van der Waals surface area (Å²) in [5.74, 6) is 0.887. The second-order valence-corrected chi connectivity index (χ2v) is 5.20. The molecule has 0 saturated heterocycles. The van der Waals surface area contributed by atoms with Crippen LogP contribution >= 0.6 is 0 Å². The van der Waals surface area contributed by atoms with Crippen molar-refractivity contribution in [1.29, 1.82) is 0 Å². The summed E-state index contributed by atoms with van der Waals surface area (Å²) in [4.78, 5) is 28.1. The Hall–Kier alpha value is -3.30. The lowest BCUT2D eigenvalue weighted by molar-refractivity contribution is -0.123. The number of methoxy groups -OCH3 is 3. The quantitative estimate of drug-likeness (QED) is 0.795. The highest BCUT2D eigenvalue weighted by atomic mass is 16.5. The molecule has 1 aromatic heterocycles. The van der Waals surface area contributed by atoms with Crippen molar-refractivity contribution in [1.82, 2.24) is 14.8 Å². The topological polar surface area (TPSA) is 117 Å². The van der Waals surface area contributed by atoms with Crippen molar-refractivity contribution in [2.24, 2.45) is 0 Å². The average molecular weight is 347 g/mol.